The molecule has 2 aliphatic rings. The fourth-order valence-electron chi connectivity index (χ4n) is 4.16. The molecule has 0 spiro atoms. The van der Waals surface area contributed by atoms with Gasteiger partial charge in [-0.15, -0.1) is 0 Å². The monoisotopic (exact) mass is 475 g/mol. The second kappa shape index (κ2) is 8.01. The lowest BCUT2D eigenvalue weighted by Gasteiger charge is -2.31. The highest BCUT2D eigenvalue weighted by Crippen LogP contribution is 2.41. The second-order valence-electron chi connectivity index (χ2n) is 8.41. The molecule has 0 unspecified atom stereocenters. The molecular weight excluding hydrogens is 455 g/mol. The highest BCUT2D eigenvalue weighted by Gasteiger charge is 2.51. The van der Waals surface area contributed by atoms with Gasteiger partial charge < -0.3 is 14.7 Å². The van der Waals surface area contributed by atoms with Crippen LogP contribution in [0.25, 0.3) is 0 Å². The molecule has 0 aliphatic carbocycles. The van der Waals surface area contributed by atoms with Crippen molar-refractivity contribution in [1.29, 1.82) is 5.26 Å². The molecule has 33 heavy (non-hydrogen) atoms. The molecule has 4 rings (SSSR count). The number of aliphatic hydroxyl groups is 1. The van der Waals surface area contributed by atoms with Crippen LogP contribution in [0.15, 0.2) is 36.4 Å². The summed E-state index contributed by atoms with van der Waals surface area (Å²) in [5.74, 6) is 0.150. The average Bonchev–Trinajstić information content (AvgIpc) is 2.95. The number of hydrogen-bond acceptors (Lipinski definition) is 5. The Kier molecular flexibility index (Phi) is 5.58. The molecule has 0 aromatic heterocycles. The van der Waals surface area contributed by atoms with Gasteiger partial charge in [0.25, 0.3) is 5.91 Å². The molecule has 10 heteroatoms. The number of benzene rings is 2. The predicted octanol–water partition coefficient (Wildman–Crippen LogP) is 4.18. The molecule has 2 heterocycles. The molecule has 2 aromatic carbocycles. The molecule has 1 fully saturated rings. The normalized spacial score (nSPS) is 19.8. The van der Waals surface area contributed by atoms with Crippen LogP contribution in [0.4, 0.5) is 24.5 Å². The third kappa shape index (κ3) is 3.81. The zero-order valence-electron chi connectivity index (χ0n) is 17.8. The summed E-state index contributed by atoms with van der Waals surface area (Å²) in [6, 6.07) is 9.94. The van der Waals surface area contributed by atoms with Crippen molar-refractivity contribution in [1.82, 2.24) is 0 Å². The van der Waals surface area contributed by atoms with Crippen LogP contribution in [0.2, 0.25) is 0 Å². The van der Waals surface area contributed by atoms with Crippen molar-refractivity contribution >= 4 is 34.6 Å². The number of nitriles is 1. The maximum absolute atomic E-state index is 13.5. The summed E-state index contributed by atoms with van der Waals surface area (Å²) in [5, 5.41) is 18.4. The van der Waals surface area contributed by atoms with Crippen LogP contribution in [-0.2, 0) is 17.4 Å². The Morgan fingerprint density at radius 1 is 1.24 bits per heavy atom. The Morgan fingerprint density at radius 2 is 1.94 bits per heavy atom. The minimum Gasteiger partial charge on any atom is -0.488 e. The lowest BCUT2D eigenvalue weighted by atomic mass is 9.99. The topological polar surface area (TPSA) is 76.8 Å². The number of rotatable bonds is 3. The number of nitrogens with zero attached hydrogens (tertiary/aromatic N) is 3. The summed E-state index contributed by atoms with van der Waals surface area (Å²) in [7, 11) is 0. The summed E-state index contributed by atoms with van der Waals surface area (Å²) < 4.78 is 46.2. The largest absolute Gasteiger partial charge is 0.488 e. The number of ether oxygens (including phenoxy) is 1. The zero-order valence-corrected chi connectivity index (χ0v) is 18.6. The molecule has 6 nitrogen and oxygen atoms in total. The number of amides is 1. The molecule has 1 N–H and O–H groups in total. The molecule has 2 aromatic rings. The quantitative estimate of drug-likeness (QED) is 0.672. The molecule has 1 saturated heterocycles. The Labute approximate surface area is 193 Å². The summed E-state index contributed by atoms with van der Waals surface area (Å²) in [5.41, 5.74) is -1.39. The number of aliphatic hydroxyl groups excluding tert-OH is 1. The fourth-order valence-corrected chi connectivity index (χ4v) is 4.68. The Balaban J connectivity index is 1.74. The molecule has 0 saturated carbocycles. The first kappa shape index (κ1) is 23.0. The summed E-state index contributed by atoms with van der Waals surface area (Å²) in [6.07, 6.45) is -3.73. The van der Waals surface area contributed by atoms with Crippen LogP contribution < -0.4 is 14.5 Å². The minimum absolute atomic E-state index is 0.0349. The molecular formula is C23H20F3N3O3S. The van der Waals surface area contributed by atoms with Crippen LogP contribution >= 0.6 is 12.2 Å². The number of aryl methyl sites for hydroxylation is 1. The Morgan fingerprint density at radius 3 is 2.58 bits per heavy atom. The number of alkyl halides is 3. The third-order valence-electron chi connectivity index (χ3n) is 5.89. The maximum Gasteiger partial charge on any atom is 0.417 e. The van der Waals surface area contributed by atoms with E-state index < -0.39 is 28.7 Å². The van der Waals surface area contributed by atoms with Crippen LogP contribution in [0.3, 0.4) is 0 Å². The standard InChI is InChI=1S/C23H20F3N3O3S/c1-22(2)20(31)28(15-5-3-14(11-27)18(10-15)23(24,25)26)21(33)29(22)16-6-8-19-13(9-16)4-7-17(12-30)32-19/h3,5-6,8-10,17,30H,4,7,12H2,1-2H3/t17-/m1/s1. The first-order chi connectivity index (χ1) is 15.5. The van der Waals surface area contributed by atoms with Crippen molar-refractivity contribution < 1.29 is 27.8 Å². The van der Waals surface area contributed by atoms with Crippen LogP contribution in [-0.4, -0.2) is 34.4 Å². The highest BCUT2D eigenvalue weighted by atomic mass is 32.1. The van der Waals surface area contributed by atoms with E-state index in [4.69, 9.17) is 22.2 Å². The van der Waals surface area contributed by atoms with Crippen LogP contribution in [0.5, 0.6) is 5.75 Å². The van der Waals surface area contributed by atoms with E-state index >= 15 is 0 Å². The van der Waals surface area contributed by atoms with E-state index in [0.717, 1.165) is 22.6 Å². The summed E-state index contributed by atoms with van der Waals surface area (Å²) >= 11 is 5.56. The molecule has 172 valence electrons. The minimum atomic E-state index is -4.76. The second-order valence-corrected chi connectivity index (χ2v) is 8.78. The van der Waals surface area contributed by atoms with Crippen LogP contribution in [0, 0.1) is 11.3 Å². The Bertz CT molecular complexity index is 1190. The van der Waals surface area contributed by atoms with E-state index in [9.17, 15) is 23.1 Å². The SMILES string of the molecule is CC1(C)C(=O)N(c2ccc(C#N)c(C(F)(F)F)c2)C(=S)N1c1ccc2c(c1)CC[C@H](CO)O2. The van der Waals surface area contributed by atoms with Crippen molar-refractivity contribution in [3.8, 4) is 11.8 Å². The summed E-state index contributed by atoms with van der Waals surface area (Å²) in [6.45, 7) is 3.21. The Hall–Kier alpha value is -3.16. The molecule has 1 amide bonds. The van der Waals surface area contributed by atoms with Gasteiger partial charge in [0.05, 0.1) is 29.5 Å². The van der Waals surface area contributed by atoms with Crippen molar-refractivity contribution in [3.05, 3.63) is 53.1 Å². The van der Waals surface area contributed by atoms with Gasteiger partial charge in [-0.3, -0.25) is 9.69 Å². The van der Waals surface area contributed by atoms with Gasteiger partial charge in [0, 0.05) is 5.69 Å². The molecule has 0 bridgehead atoms. The number of anilines is 2. The number of carbonyl (C=O) groups excluding carboxylic acids is 1. The van der Waals surface area contributed by atoms with Crippen molar-refractivity contribution in [2.45, 2.75) is 44.5 Å². The maximum atomic E-state index is 13.5. The van der Waals surface area contributed by atoms with Gasteiger partial charge in [0.15, 0.2) is 5.11 Å². The number of hydrogen-bond donors (Lipinski definition) is 1. The van der Waals surface area contributed by atoms with Crippen LogP contribution in [0.1, 0.15) is 37.0 Å². The zero-order chi connectivity index (χ0) is 24.1. The van der Waals surface area contributed by atoms with Gasteiger partial charge in [-0.05, 0) is 80.9 Å². The fraction of sp³-hybridized carbons (Fsp3) is 0.348. The van der Waals surface area contributed by atoms with Gasteiger partial charge >= 0.3 is 6.18 Å². The average molecular weight is 475 g/mol. The van der Waals surface area contributed by atoms with E-state index in [-0.39, 0.29) is 23.5 Å². The van der Waals surface area contributed by atoms with Crippen molar-refractivity contribution in [3.63, 3.8) is 0 Å². The van der Waals surface area contributed by atoms with Gasteiger partial charge in [-0.2, -0.15) is 18.4 Å². The third-order valence-corrected chi connectivity index (χ3v) is 6.26. The smallest absolute Gasteiger partial charge is 0.417 e. The lowest BCUT2D eigenvalue weighted by molar-refractivity contribution is -0.137. The van der Waals surface area contributed by atoms with Gasteiger partial charge in [-0.1, -0.05) is 0 Å². The van der Waals surface area contributed by atoms with Gasteiger partial charge in [-0.25, -0.2) is 0 Å². The van der Waals surface area contributed by atoms with E-state index in [1.165, 1.54) is 12.1 Å². The van der Waals surface area contributed by atoms with Crippen molar-refractivity contribution in [2.24, 2.45) is 0 Å². The van der Waals surface area contributed by atoms with E-state index in [1.807, 2.05) is 6.07 Å². The number of carbonyl (C=O) groups is 1. The molecule has 1 atom stereocenters. The molecule has 2 aliphatic heterocycles. The number of thiocarbonyl (C=S) groups is 1. The van der Waals surface area contributed by atoms with Gasteiger partial charge in [0.2, 0.25) is 0 Å². The van der Waals surface area contributed by atoms with Crippen molar-refractivity contribution in [2.75, 3.05) is 16.4 Å². The highest BCUT2D eigenvalue weighted by molar-refractivity contribution is 7.81. The molecule has 0 radical (unpaired) electrons. The van der Waals surface area contributed by atoms with E-state index in [2.05, 4.69) is 0 Å². The lowest BCUT2D eigenvalue weighted by Crippen LogP contribution is -2.44. The predicted molar refractivity (Wildman–Crippen MR) is 119 cm³/mol. The number of fused-ring (bicyclic) bond motifs is 1. The summed E-state index contributed by atoms with van der Waals surface area (Å²) in [4.78, 5) is 16.0. The number of halogens is 3. The first-order valence-electron chi connectivity index (χ1n) is 10.2. The van der Waals surface area contributed by atoms with E-state index in [0.29, 0.717) is 24.3 Å². The van der Waals surface area contributed by atoms with Gasteiger partial charge in [0.1, 0.15) is 17.4 Å². The van der Waals surface area contributed by atoms with E-state index in [1.54, 1.807) is 30.9 Å². The first-order valence-corrected chi connectivity index (χ1v) is 10.6.